The fourth-order valence-electron chi connectivity index (χ4n) is 8.93. The third kappa shape index (κ3) is 55.0. The summed E-state index contributed by atoms with van der Waals surface area (Å²) < 4.78 is 67.7. The number of esters is 4. The fraction of sp³-hybridized carbons (Fsp3) is 0.933. The Balaban J connectivity index is 5.21. The monoisotopic (exact) mass is 1170 g/mol. The SMILES string of the molecule is CCCCCCCCCCCCCC(=O)OC[C@H](COP(=O)(O)OC[C@@H](O)COP(=O)(O)OC[C@@H](COC(=O)CCCCCCCCC)OC(=O)CCCCCCCCCCCC)OC(=O)CCCCCCCCCCCCC. The van der Waals surface area contributed by atoms with Gasteiger partial charge in [0.2, 0.25) is 0 Å². The van der Waals surface area contributed by atoms with Crippen molar-refractivity contribution in [1.82, 2.24) is 0 Å². The summed E-state index contributed by atoms with van der Waals surface area (Å²) in [6, 6.07) is 0. The van der Waals surface area contributed by atoms with Gasteiger partial charge in [-0.3, -0.25) is 37.3 Å². The molecular weight excluding hydrogens is 1050 g/mol. The van der Waals surface area contributed by atoms with Crippen molar-refractivity contribution >= 4 is 39.5 Å². The molecule has 0 aliphatic carbocycles. The summed E-state index contributed by atoms with van der Waals surface area (Å²) in [7, 11) is -9.87. The third-order valence-electron chi connectivity index (χ3n) is 13.9. The minimum Gasteiger partial charge on any atom is -0.462 e. The maximum Gasteiger partial charge on any atom is 0.472 e. The molecule has 0 fully saturated rings. The molecule has 0 amide bonds. The van der Waals surface area contributed by atoms with E-state index in [4.69, 9.17) is 37.0 Å². The predicted molar refractivity (Wildman–Crippen MR) is 312 cm³/mol. The summed E-state index contributed by atoms with van der Waals surface area (Å²) in [6.07, 6.45) is 38.9. The number of carbonyl (C=O) groups is 4. The summed E-state index contributed by atoms with van der Waals surface area (Å²) in [5.41, 5.74) is 0. The lowest BCUT2D eigenvalue weighted by Crippen LogP contribution is -2.30. The smallest absolute Gasteiger partial charge is 0.462 e. The van der Waals surface area contributed by atoms with Crippen LogP contribution >= 0.6 is 15.6 Å². The molecule has 0 rings (SSSR count). The molecule has 0 radical (unpaired) electrons. The molecule has 468 valence electrons. The van der Waals surface area contributed by atoms with Crippen molar-refractivity contribution in [2.75, 3.05) is 39.6 Å². The lowest BCUT2D eigenvalue weighted by Gasteiger charge is -2.21. The third-order valence-corrected chi connectivity index (χ3v) is 15.8. The van der Waals surface area contributed by atoms with E-state index in [1.165, 1.54) is 122 Å². The van der Waals surface area contributed by atoms with Crippen LogP contribution in [-0.2, 0) is 65.4 Å². The number of aliphatic hydroxyl groups is 1. The van der Waals surface area contributed by atoms with Gasteiger partial charge in [0.05, 0.1) is 26.4 Å². The van der Waals surface area contributed by atoms with Crippen LogP contribution < -0.4 is 0 Å². The van der Waals surface area contributed by atoms with E-state index in [-0.39, 0.29) is 25.7 Å². The number of phosphoric acid groups is 2. The minimum atomic E-state index is -4.94. The molecule has 0 spiro atoms. The maximum atomic E-state index is 12.9. The molecule has 0 saturated heterocycles. The Morgan fingerprint density at radius 1 is 0.304 bits per heavy atom. The molecule has 0 aromatic heterocycles. The Labute approximate surface area is 479 Å². The summed E-state index contributed by atoms with van der Waals surface area (Å²) in [5, 5.41) is 10.5. The van der Waals surface area contributed by atoms with Crippen molar-refractivity contribution < 1.29 is 80.2 Å². The molecule has 3 N–H and O–H groups in total. The molecule has 0 aromatic carbocycles. The van der Waals surface area contributed by atoms with Gasteiger partial charge in [-0.05, 0) is 25.7 Å². The number of phosphoric ester groups is 2. The molecule has 19 heteroatoms. The maximum absolute atomic E-state index is 12.9. The molecular formula is C60H116O17P2. The first-order valence-electron chi connectivity index (χ1n) is 31.8. The van der Waals surface area contributed by atoms with Crippen molar-refractivity contribution in [2.24, 2.45) is 0 Å². The molecule has 0 aromatic rings. The highest BCUT2D eigenvalue weighted by Crippen LogP contribution is 2.45. The zero-order chi connectivity index (χ0) is 58.3. The first-order chi connectivity index (χ1) is 38.2. The normalized spacial score (nSPS) is 14.3. The Bertz CT molecular complexity index is 1540. The average molecular weight is 1170 g/mol. The van der Waals surface area contributed by atoms with E-state index in [1.807, 2.05) is 0 Å². The second-order valence-corrected chi connectivity index (χ2v) is 24.6. The Morgan fingerprint density at radius 3 is 0.747 bits per heavy atom. The van der Waals surface area contributed by atoms with Crippen LogP contribution in [0.3, 0.4) is 0 Å². The van der Waals surface area contributed by atoms with E-state index in [9.17, 15) is 43.2 Å². The molecule has 0 aliphatic heterocycles. The van der Waals surface area contributed by atoms with Crippen LogP contribution in [0.5, 0.6) is 0 Å². The summed E-state index contributed by atoms with van der Waals surface area (Å²) >= 11 is 0. The van der Waals surface area contributed by atoms with E-state index in [1.54, 1.807) is 0 Å². The number of unbranched alkanes of at least 4 members (excludes halogenated alkanes) is 35. The van der Waals surface area contributed by atoms with E-state index >= 15 is 0 Å². The molecule has 0 bridgehead atoms. The lowest BCUT2D eigenvalue weighted by atomic mass is 10.1. The molecule has 0 heterocycles. The first kappa shape index (κ1) is 77.1. The van der Waals surface area contributed by atoms with Crippen LogP contribution in [0.15, 0.2) is 0 Å². The molecule has 0 aliphatic rings. The minimum absolute atomic E-state index is 0.106. The van der Waals surface area contributed by atoms with Crippen LogP contribution in [0.2, 0.25) is 0 Å². The van der Waals surface area contributed by atoms with Crippen molar-refractivity contribution in [3.8, 4) is 0 Å². The second kappa shape index (κ2) is 55.3. The van der Waals surface area contributed by atoms with Gasteiger partial charge in [0.1, 0.15) is 19.3 Å². The highest BCUT2D eigenvalue weighted by Gasteiger charge is 2.30. The standard InChI is InChI=1S/C60H116O17P2/c1-5-9-13-17-21-24-27-30-33-37-41-45-58(63)71-51-56(77-60(65)47-43-39-35-31-28-25-22-18-14-10-6-2)53-75-79(68,69)73-49-54(61)48-72-78(66,67)74-52-55(50-70-57(62)44-40-36-32-20-16-12-8-4)76-59(64)46-42-38-34-29-26-23-19-15-11-7-3/h54-56,61H,5-53H2,1-4H3,(H,66,67)(H,68,69)/t54-,55+,56+/m0/s1. The highest BCUT2D eigenvalue weighted by molar-refractivity contribution is 7.47. The number of ether oxygens (including phenoxy) is 4. The number of aliphatic hydroxyl groups excluding tert-OH is 1. The molecule has 17 nitrogen and oxygen atoms in total. The topological polar surface area (TPSA) is 237 Å². The first-order valence-corrected chi connectivity index (χ1v) is 34.8. The zero-order valence-corrected chi connectivity index (χ0v) is 52.1. The van der Waals surface area contributed by atoms with Crippen LogP contribution in [0, 0.1) is 0 Å². The molecule has 5 atom stereocenters. The van der Waals surface area contributed by atoms with Crippen LogP contribution in [0.4, 0.5) is 0 Å². The van der Waals surface area contributed by atoms with E-state index in [0.29, 0.717) is 25.7 Å². The molecule has 2 unspecified atom stereocenters. The van der Waals surface area contributed by atoms with Crippen molar-refractivity contribution in [1.29, 1.82) is 0 Å². The number of hydrogen-bond donors (Lipinski definition) is 3. The van der Waals surface area contributed by atoms with Gasteiger partial charge in [-0.25, -0.2) is 9.13 Å². The van der Waals surface area contributed by atoms with Gasteiger partial charge < -0.3 is 33.8 Å². The van der Waals surface area contributed by atoms with Gasteiger partial charge in [-0.2, -0.15) is 0 Å². The van der Waals surface area contributed by atoms with Gasteiger partial charge in [-0.1, -0.05) is 252 Å². The average Bonchev–Trinajstić information content (AvgIpc) is 3.42. The lowest BCUT2D eigenvalue weighted by molar-refractivity contribution is -0.161. The van der Waals surface area contributed by atoms with Gasteiger partial charge in [0.25, 0.3) is 0 Å². The van der Waals surface area contributed by atoms with Crippen molar-refractivity contribution in [3.63, 3.8) is 0 Å². The highest BCUT2D eigenvalue weighted by atomic mass is 31.2. The molecule has 0 saturated carbocycles. The van der Waals surface area contributed by atoms with Crippen LogP contribution in [-0.4, -0.2) is 96.7 Å². The summed E-state index contributed by atoms with van der Waals surface area (Å²) in [5.74, 6) is -2.14. The molecule has 79 heavy (non-hydrogen) atoms. The van der Waals surface area contributed by atoms with E-state index < -0.39 is 97.5 Å². The number of carbonyl (C=O) groups excluding carboxylic acids is 4. The van der Waals surface area contributed by atoms with Crippen LogP contribution in [0.1, 0.15) is 304 Å². The van der Waals surface area contributed by atoms with Gasteiger partial charge in [0.15, 0.2) is 12.2 Å². The van der Waals surface area contributed by atoms with E-state index in [0.717, 1.165) is 103 Å². The Hall–Kier alpha value is -1.94. The summed E-state index contributed by atoms with van der Waals surface area (Å²) in [4.78, 5) is 71.9. The van der Waals surface area contributed by atoms with Crippen molar-refractivity contribution in [3.05, 3.63) is 0 Å². The summed E-state index contributed by atoms with van der Waals surface area (Å²) in [6.45, 7) is 4.81. The van der Waals surface area contributed by atoms with E-state index in [2.05, 4.69) is 27.7 Å². The predicted octanol–water partition coefficient (Wildman–Crippen LogP) is 16.4. The zero-order valence-electron chi connectivity index (χ0n) is 50.3. The van der Waals surface area contributed by atoms with Gasteiger partial charge in [-0.15, -0.1) is 0 Å². The van der Waals surface area contributed by atoms with Crippen LogP contribution in [0.25, 0.3) is 0 Å². The number of hydrogen-bond acceptors (Lipinski definition) is 15. The quantitative estimate of drug-likeness (QED) is 0.0222. The Kier molecular flexibility index (Phi) is 53.9. The largest absolute Gasteiger partial charge is 0.472 e. The Morgan fingerprint density at radius 2 is 0.506 bits per heavy atom. The number of rotatable bonds is 61. The second-order valence-electron chi connectivity index (χ2n) is 21.7. The van der Waals surface area contributed by atoms with Gasteiger partial charge >= 0.3 is 39.5 Å². The van der Waals surface area contributed by atoms with Crippen molar-refractivity contribution in [2.45, 2.75) is 322 Å². The van der Waals surface area contributed by atoms with Gasteiger partial charge in [0, 0.05) is 25.7 Å². The fourth-order valence-corrected chi connectivity index (χ4v) is 10.5.